The first kappa shape index (κ1) is 16.1. The minimum Gasteiger partial charge on any atom is -0.340 e. The molecule has 26 heavy (non-hydrogen) atoms. The number of carbonyl (C=O) groups is 1. The van der Waals surface area contributed by atoms with Crippen LogP contribution in [0.3, 0.4) is 0 Å². The van der Waals surface area contributed by atoms with Gasteiger partial charge in [-0.25, -0.2) is 4.68 Å². The average molecular weight is 344 g/mol. The maximum Gasteiger partial charge on any atom is 0.270 e. The fraction of sp³-hybridized carbons (Fsp3) is 0.143. The summed E-state index contributed by atoms with van der Waals surface area (Å²) in [6.07, 6.45) is 3.66. The van der Waals surface area contributed by atoms with Crippen LogP contribution in [0.25, 0.3) is 16.6 Å². The maximum absolute atomic E-state index is 12.9. The smallest absolute Gasteiger partial charge is 0.270 e. The third-order valence-electron chi connectivity index (χ3n) is 4.64. The molecule has 0 atom stereocenters. The Balaban J connectivity index is 1.52. The Morgan fingerprint density at radius 1 is 1.08 bits per heavy atom. The van der Waals surface area contributed by atoms with E-state index in [-0.39, 0.29) is 5.91 Å². The summed E-state index contributed by atoms with van der Waals surface area (Å²) in [4.78, 5) is 14.6. The van der Waals surface area contributed by atoms with Gasteiger partial charge in [-0.15, -0.1) is 0 Å². The number of fused-ring (bicyclic) bond motifs is 1. The quantitative estimate of drug-likeness (QED) is 0.567. The molecule has 1 amide bonds. The highest BCUT2D eigenvalue weighted by Crippen LogP contribution is 2.20. The fourth-order valence-electron chi connectivity index (χ4n) is 3.21. The molecular weight excluding hydrogens is 324 g/mol. The second kappa shape index (κ2) is 6.52. The summed E-state index contributed by atoms with van der Waals surface area (Å²) >= 11 is 0. The van der Waals surface area contributed by atoms with E-state index in [1.165, 1.54) is 0 Å². The molecule has 5 heteroatoms. The van der Waals surface area contributed by atoms with E-state index >= 15 is 0 Å². The number of rotatable bonds is 4. The van der Waals surface area contributed by atoms with Crippen molar-refractivity contribution in [2.45, 2.75) is 6.54 Å². The van der Waals surface area contributed by atoms with Gasteiger partial charge >= 0.3 is 0 Å². The van der Waals surface area contributed by atoms with Crippen molar-refractivity contribution in [1.82, 2.24) is 19.2 Å². The van der Waals surface area contributed by atoms with E-state index in [1.807, 2.05) is 90.2 Å². The van der Waals surface area contributed by atoms with Crippen LogP contribution in [-0.4, -0.2) is 32.2 Å². The molecule has 4 aromatic rings. The first-order chi connectivity index (χ1) is 12.6. The van der Waals surface area contributed by atoms with Crippen LogP contribution in [0, 0.1) is 0 Å². The van der Waals surface area contributed by atoms with Gasteiger partial charge in [-0.3, -0.25) is 4.79 Å². The molecule has 0 aliphatic rings. The lowest BCUT2D eigenvalue weighted by molar-refractivity contribution is 0.0776. The molecule has 0 unspecified atom stereocenters. The van der Waals surface area contributed by atoms with Gasteiger partial charge in [-0.2, -0.15) is 5.10 Å². The van der Waals surface area contributed by atoms with Crippen LogP contribution in [0.4, 0.5) is 0 Å². The van der Waals surface area contributed by atoms with Crippen molar-refractivity contribution in [3.05, 3.63) is 84.3 Å². The highest BCUT2D eigenvalue weighted by Gasteiger charge is 2.17. The number of hydrogen-bond donors (Lipinski definition) is 0. The molecule has 4 rings (SSSR count). The van der Waals surface area contributed by atoms with Gasteiger partial charge in [0.25, 0.3) is 5.91 Å². The SMILES string of the molecule is CN(Cc1ccc(-n2cccn2)cc1)C(=O)c1cc2ccccc2n1C. The van der Waals surface area contributed by atoms with E-state index in [1.54, 1.807) is 11.1 Å². The molecule has 0 fully saturated rings. The number of aryl methyl sites for hydroxylation is 1. The van der Waals surface area contributed by atoms with E-state index < -0.39 is 0 Å². The standard InChI is InChI=1S/C21H20N4O/c1-23(15-16-8-10-18(11-9-16)25-13-5-12-22-25)21(26)20-14-17-6-3-4-7-19(17)24(20)2/h3-14H,15H2,1-2H3. The molecule has 2 heterocycles. The van der Waals surface area contributed by atoms with Crippen molar-refractivity contribution in [2.75, 3.05) is 7.05 Å². The number of amides is 1. The number of nitrogens with zero attached hydrogens (tertiary/aromatic N) is 4. The van der Waals surface area contributed by atoms with Crippen LogP contribution >= 0.6 is 0 Å². The number of carbonyl (C=O) groups excluding carboxylic acids is 1. The summed E-state index contributed by atoms with van der Waals surface area (Å²) < 4.78 is 3.77. The van der Waals surface area contributed by atoms with Gasteiger partial charge in [-0.05, 0) is 35.9 Å². The Bertz CT molecular complexity index is 1050. The van der Waals surface area contributed by atoms with Crippen LogP contribution in [0.1, 0.15) is 16.1 Å². The van der Waals surface area contributed by atoms with Crippen molar-refractivity contribution < 1.29 is 4.79 Å². The van der Waals surface area contributed by atoms with Crippen LogP contribution in [0.5, 0.6) is 0 Å². The van der Waals surface area contributed by atoms with Crippen molar-refractivity contribution in [2.24, 2.45) is 7.05 Å². The Morgan fingerprint density at radius 2 is 1.85 bits per heavy atom. The number of hydrogen-bond acceptors (Lipinski definition) is 2. The van der Waals surface area contributed by atoms with Gasteiger partial charge < -0.3 is 9.47 Å². The van der Waals surface area contributed by atoms with Crippen molar-refractivity contribution in [1.29, 1.82) is 0 Å². The fourth-order valence-corrected chi connectivity index (χ4v) is 3.21. The lowest BCUT2D eigenvalue weighted by atomic mass is 10.2. The lowest BCUT2D eigenvalue weighted by Gasteiger charge is -2.18. The monoisotopic (exact) mass is 344 g/mol. The van der Waals surface area contributed by atoms with Crippen LogP contribution in [-0.2, 0) is 13.6 Å². The van der Waals surface area contributed by atoms with Gasteiger partial charge in [0, 0.05) is 43.9 Å². The number of para-hydroxylation sites is 1. The minimum atomic E-state index is 0.0138. The number of benzene rings is 2. The Hall–Kier alpha value is -3.34. The molecule has 0 aliphatic carbocycles. The number of aromatic nitrogens is 3. The second-order valence-electron chi connectivity index (χ2n) is 6.43. The van der Waals surface area contributed by atoms with Gasteiger partial charge in [-0.1, -0.05) is 30.3 Å². The van der Waals surface area contributed by atoms with Crippen LogP contribution in [0.2, 0.25) is 0 Å². The zero-order valence-electron chi connectivity index (χ0n) is 14.8. The van der Waals surface area contributed by atoms with E-state index in [0.717, 1.165) is 22.2 Å². The summed E-state index contributed by atoms with van der Waals surface area (Å²) in [5.41, 5.74) is 3.84. The predicted octanol–water partition coefficient (Wildman–Crippen LogP) is 3.64. The molecule has 2 aromatic carbocycles. The van der Waals surface area contributed by atoms with Crippen molar-refractivity contribution in [3.63, 3.8) is 0 Å². The molecule has 2 aromatic heterocycles. The second-order valence-corrected chi connectivity index (χ2v) is 6.43. The molecule has 0 N–H and O–H groups in total. The Labute approximate surface area is 152 Å². The zero-order valence-corrected chi connectivity index (χ0v) is 14.8. The third-order valence-corrected chi connectivity index (χ3v) is 4.64. The highest BCUT2D eigenvalue weighted by atomic mass is 16.2. The van der Waals surface area contributed by atoms with E-state index in [9.17, 15) is 4.79 Å². The Morgan fingerprint density at radius 3 is 2.54 bits per heavy atom. The maximum atomic E-state index is 12.9. The van der Waals surface area contributed by atoms with Crippen LogP contribution < -0.4 is 0 Å². The largest absolute Gasteiger partial charge is 0.340 e. The molecule has 0 aliphatic heterocycles. The minimum absolute atomic E-state index is 0.0138. The lowest BCUT2D eigenvalue weighted by Crippen LogP contribution is -2.27. The van der Waals surface area contributed by atoms with Gasteiger partial charge in [0.2, 0.25) is 0 Å². The predicted molar refractivity (Wildman–Crippen MR) is 102 cm³/mol. The van der Waals surface area contributed by atoms with Gasteiger partial charge in [0.05, 0.1) is 5.69 Å². The first-order valence-corrected chi connectivity index (χ1v) is 8.52. The average Bonchev–Trinajstić information content (AvgIpc) is 3.31. The molecule has 0 bridgehead atoms. The zero-order chi connectivity index (χ0) is 18.1. The topological polar surface area (TPSA) is 43.1 Å². The molecular formula is C21H20N4O. The summed E-state index contributed by atoms with van der Waals surface area (Å²) in [5, 5.41) is 5.30. The first-order valence-electron chi connectivity index (χ1n) is 8.52. The van der Waals surface area contributed by atoms with E-state index in [4.69, 9.17) is 0 Å². The molecule has 130 valence electrons. The van der Waals surface area contributed by atoms with Crippen LogP contribution in [0.15, 0.2) is 73.1 Å². The van der Waals surface area contributed by atoms with Crippen molar-refractivity contribution in [3.8, 4) is 5.69 Å². The van der Waals surface area contributed by atoms with E-state index in [2.05, 4.69) is 5.10 Å². The molecule has 0 radical (unpaired) electrons. The van der Waals surface area contributed by atoms with Gasteiger partial charge in [0.15, 0.2) is 0 Å². The molecule has 5 nitrogen and oxygen atoms in total. The molecule has 0 spiro atoms. The summed E-state index contributed by atoms with van der Waals surface area (Å²) in [6.45, 7) is 0.555. The molecule has 0 saturated heterocycles. The summed E-state index contributed by atoms with van der Waals surface area (Å²) in [6, 6.07) is 20.0. The third kappa shape index (κ3) is 2.88. The summed E-state index contributed by atoms with van der Waals surface area (Å²) in [7, 11) is 3.77. The normalized spacial score (nSPS) is 11.0. The Kier molecular flexibility index (Phi) is 4.05. The van der Waals surface area contributed by atoms with Gasteiger partial charge in [0.1, 0.15) is 5.69 Å². The van der Waals surface area contributed by atoms with E-state index in [0.29, 0.717) is 12.2 Å². The molecule has 0 saturated carbocycles. The summed E-state index contributed by atoms with van der Waals surface area (Å²) in [5.74, 6) is 0.0138. The van der Waals surface area contributed by atoms with Crippen molar-refractivity contribution >= 4 is 16.8 Å². The highest BCUT2D eigenvalue weighted by molar-refractivity contribution is 5.98.